The van der Waals surface area contributed by atoms with Gasteiger partial charge in [-0.05, 0) is 71.5 Å². The van der Waals surface area contributed by atoms with Gasteiger partial charge in [0.05, 0.1) is 17.6 Å². The molecular weight excluding hydrogens is 394 g/mol. The molecule has 0 saturated carbocycles. The van der Waals surface area contributed by atoms with E-state index in [1.165, 1.54) is 10.8 Å². The zero-order valence-electron chi connectivity index (χ0n) is 17.2. The highest BCUT2D eigenvalue weighted by Crippen LogP contribution is 2.24. The standard InChI is InChI=1S/C27H19N5/c1-3-7-24-18(5-1)15-21(29-24)10-9-20-11-13-23-26(31-32-27(23)17-28-20)14-12-22-16-19-6-2-4-8-25(19)30-22/h1-17,29-30H/b10-9+,14-12+. The Morgan fingerprint density at radius 3 is 1.97 bits per heavy atom. The van der Waals surface area contributed by atoms with Crippen LogP contribution in [0.2, 0.25) is 0 Å². The second-order valence-electron chi connectivity index (χ2n) is 7.69. The summed E-state index contributed by atoms with van der Waals surface area (Å²) in [6.07, 6.45) is 9.82. The normalized spacial score (nSPS) is 12.1. The molecule has 5 nitrogen and oxygen atoms in total. The van der Waals surface area contributed by atoms with Crippen LogP contribution in [0.15, 0.2) is 79.0 Å². The lowest BCUT2D eigenvalue weighted by molar-refractivity contribution is 1.08. The first kappa shape index (κ1) is 18.3. The van der Waals surface area contributed by atoms with E-state index in [-0.39, 0.29) is 0 Å². The summed E-state index contributed by atoms with van der Waals surface area (Å²) >= 11 is 0. The fraction of sp³-hybridized carbons (Fsp3) is 0. The van der Waals surface area contributed by atoms with E-state index in [1.807, 2.05) is 60.7 Å². The molecule has 0 spiro atoms. The van der Waals surface area contributed by atoms with Crippen LogP contribution in [0.1, 0.15) is 22.8 Å². The van der Waals surface area contributed by atoms with Gasteiger partial charge in [-0.25, -0.2) is 0 Å². The highest BCUT2D eigenvalue weighted by Gasteiger charge is 2.10. The third kappa shape index (κ3) is 3.46. The van der Waals surface area contributed by atoms with Gasteiger partial charge in [0.1, 0.15) is 5.69 Å². The molecule has 32 heavy (non-hydrogen) atoms. The maximum Gasteiger partial charge on any atom is 0.113 e. The Bertz CT molecular complexity index is 1520. The largest absolute Gasteiger partial charge is 0.355 e. The predicted molar refractivity (Wildman–Crippen MR) is 131 cm³/mol. The minimum absolute atomic E-state index is 0.770. The van der Waals surface area contributed by atoms with E-state index < -0.39 is 0 Å². The molecule has 0 atom stereocenters. The van der Waals surface area contributed by atoms with Gasteiger partial charge in [0, 0.05) is 28.0 Å². The van der Waals surface area contributed by atoms with Crippen molar-refractivity contribution >= 4 is 46.1 Å². The number of aromatic amines is 2. The summed E-state index contributed by atoms with van der Waals surface area (Å²) in [7, 11) is 0. The minimum atomic E-state index is 0.770. The molecule has 0 radical (unpaired) electrons. The second-order valence-corrected chi connectivity index (χ2v) is 7.69. The summed E-state index contributed by atoms with van der Waals surface area (Å²) < 4.78 is 0. The molecule has 152 valence electrons. The molecule has 0 unspecified atom stereocenters. The number of nitrogens with zero attached hydrogens (tertiary/aromatic N) is 3. The van der Waals surface area contributed by atoms with Crippen molar-refractivity contribution in [3.63, 3.8) is 0 Å². The molecule has 4 aromatic rings. The van der Waals surface area contributed by atoms with E-state index in [1.54, 1.807) is 6.20 Å². The van der Waals surface area contributed by atoms with Gasteiger partial charge in [-0.3, -0.25) is 4.98 Å². The van der Waals surface area contributed by atoms with Crippen molar-refractivity contribution in [1.82, 2.24) is 25.1 Å². The molecule has 2 N–H and O–H groups in total. The van der Waals surface area contributed by atoms with E-state index >= 15 is 0 Å². The number of benzene rings is 2. The van der Waals surface area contributed by atoms with Crippen LogP contribution in [0.4, 0.5) is 0 Å². The highest BCUT2D eigenvalue weighted by molar-refractivity contribution is 5.86. The Balaban J connectivity index is 1.27. The van der Waals surface area contributed by atoms with E-state index in [2.05, 4.69) is 61.5 Å². The maximum absolute atomic E-state index is 4.57. The van der Waals surface area contributed by atoms with Gasteiger partial charge in [-0.2, -0.15) is 0 Å². The van der Waals surface area contributed by atoms with Crippen molar-refractivity contribution in [1.29, 1.82) is 0 Å². The van der Waals surface area contributed by atoms with Crippen molar-refractivity contribution in [2.45, 2.75) is 0 Å². The van der Waals surface area contributed by atoms with Gasteiger partial charge in [0.2, 0.25) is 0 Å². The fourth-order valence-corrected chi connectivity index (χ4v) is 3.90. The summed E-state index contributed by atoms with van der Waals surface area (Å²) in [6.45, 7) is 0. The smallest absolute Gasteiger partial charge is 0.113 e. The van der Waals surface area contributed by atoms with Crippen LogP contribution in [-0.4, -0.2) is 25.1 Å². The molecule has 0 fully saturated rings. The molecule has 0 aliphatic carbocycles. The number of para-hydroxylation sites is 2. The second kappa shape index (κ2) is 7.63. The SMILES string of the molecule is C(=C\c1cc2ccccc2[nH]1)/c1ccc2c(/C=C/c3cc4ccccc4[nH]3)nnc-2cn1. The highest BCUT2D eigenvalue weighted by atomic mass is 15.1. The Morgan fingerprint density at radius 1 is 0.625 bits per heavy atom. The van der Waals surface area contributed by atoms with Crippen molar-refractivity contribution in [3.8, 4) is 11.3 Å². The third-order valence-corrected chi connectivity index (χ3v) is 5.53. The third-order valence-electron chi connectivity index (χ3n) is 5.53. The molecular formula is C27H19N5. The van der Waals surface area contributed by atoms with Gasteiger partial charge in [-0.15, -0.1) is 10.2 Å². The predicted octanol–water partition coefficient (Wildman–Crippen LogP) is 6.28. The number of aromatic nitrogens is 5. The Labute approximate surface area is 184 Å². The summed E-state index contributed by atoms with van der Waals surface area (Å²) in [5, 5.41) is 11.0. The van der Waals surface area contributed by atoms with E-state index in [0.717, 1.165) is 45.1 Å². The van der Waals surface area contributed by atoms with E-state index in [4.69, 9.17) is 0 Å². The van der Waals surface area contributed by atoms with Crippen LogP contribution in [0.25, 0.3) is 57.4 Å². The molecule has 2 aliphatic heterocycles. The van der Waals surface area contributed by atoms with Crippen molar-refractivity contribution < 1.29 is 0 Å². The number of H-pyrrole nitrogens is 2. The lowest BCUT2D eigenvalue weighted by Crippen LogP contribution is -1.75. The zero-order valence-corrected chi connectivity index (χ0v) is 17.2. The maximum atomic E-state index is 4.57. The van der Waals surface area contributed by atoms with Gasteiger partial charge in [0.25, 0.3) is 0 Å². The zero-order chi connectivity index (χ0) is 21.3. The summed E-state index contributed by atoms with van der Waals surface area (Å²) in [5.41, 5.74) is 7.73. The first-order valence-corrected chi connectivity index (χ1v) is 10.5. The Kier molecular flexibility index (Phi) is 4.36. The molecule has 4 heterocycles. The van der Waals surface area contributed by atoms with Crippen LogP contribution < -0.4 is 0 Å². The number of hydrogen-bond acceptors (Lipinski definition) is 3. The molecule has 6 rings (SSSR count). The molecule has 0 bridgehead atoms. The molecule has 2 aliphatic rings. The number of hydrogen-bond donors (Lipinski definition) is 2. The van der Waals surface area contributed by atoms with Crippen molar-refractivity contribution in [2.24, 2.45) is 0 Å². The monoisotopic (exact) mass is 413 g/mol. The average Bonchev–Trinajstić information content (AvgIpc) is 3.49. The molecule has 5 heteroatoms. The number of rotatable bonds is 4. The Hall–Kier alpha value is -4.51. The molecule has 0 saturated heterocycles. The topological polar surface area (TPSA) is 70.2 Å². The lowest BCUT2D eigenvalue weighted by Gasteiger charge is -1.90. The van der Waals surface area contributed by atoms with Gasteiger partial charge >= 0.3 is 0 Å². The first-order chi connectivity index (χ1) is 15.8. The number of nitrogens with one attached hydrogen (secondary N) is 2. The van der Waals surface area contributed by atoms with Crippen LogP contribution in [0.3, 0.4) is 0 Å². The van der Waals surface area contributed by atoms with Crippen molar-refractivity contribution in [3.05, 3.63) is 102 Å². The fourth-order valence-electron chi connectivity index (χ4n) is 3.90. The van der Waals surface area contributed by atoms with Crippen LogP contribution in [0, 0.1) is 0 Å². The summed E-state index contributed by atoms with van der Waals surface area (Å²) in [4.78, 5) is 11.4. The first-order valence-electron chi connectivity index (χ1n) is 10.5. The molecule has 2 aromatic heterocycles. The summed E-state index contributed by atoms with van der Waals surface area (Å²) in [5.74, 6) is 0. The van der Waals surface area contributed by atoms with Crippen molar-refractivity contribution in [2.75, 3.05) is 0 Å². The molecule has 2 aromatic carbocycles. The quantitative estimate of drug-likeness (QED) is 0.357. The summed E-state index contributed by atoms with van der Waals surface area (Å²) in [6, 6.07) is 24.7. The number of fused-ring (bicyclic) bond motifs is 3. The van der Waals surface area contributed by atoms with Crippen LogP contribution in [0.5, 0.6) is 0 Å². The van der Waals surface area contributed by atoms with Gasteiger partial charge in [-0.1, -0.05) is 36.4 Å². The minimum Gasteiger partial charge on any atom is -0.355 e. The lowest BCUT2D eigenvalue weighted by atomic mass is 10.1. The molecule has 0 amide bonds. The van der Waals surface area contributed by atoms with Gasteiger partial charge in [0.15, 0.2) is 0 Å². The van der Waals surface area contributed by atoms with Gasteiger partial charge < -0.3 is 9.97 Å². The Morgan fingerprint density at radius 2 is 1.28 bits per heavy atom. The van der Waals surface area contributed by atoms with Crippen LogP contribution in [-0.2, 0) is 0 Å². The average molecular weight is 413 g/mol. The van der Waals surface area contributed by atoms with E-state index in [9.17, 15) is 0 Å². The van der Waals surface area contributed by atoms with Crippen LogP contribution >= 0.6 is 0 Å². The van der Waals surface area contributed by atoms with E-state index in [0.29, 0.717) is 0 Å².